The van der Waals surface area contributed by atoms with Crippen LogP contribution in [0.4, 0.5) is 0 Å². The maximum Gasteiger partial charge on any atom is 0.309 e. The molecule has 1 fully saturated rings. The van der Waals surface area contributed by atoms with Gasteiger partial charge in [-0.3, -0.25) is 9.59 Å². The highest BCUT2D eigenvalue weighted by atomic mass is 16.5. The molecule has 3 rings (SSSR count). The van der Waals surface area contributed by atoms with Crippen LogP contribution < -0.4 is 4.74 Å². The molecule has 0 N–H and O–H groups in total. The lowest BCUT2D eigenvalue weighted by Crippen LogP contribution is -2.16. The Labute approximate surface area is 160 Å². The van der Waals surface area contributed by atoms with Crippen LogP contribution >= 0.6 is 0 Å². The average molecular weight is 369 g/mol. The number of esters is 1. The third-order valence-electron chi connectivity index (χ3n) is 5.41. The molecule has 1 heterocycles. The Balaban J connectivity index is 1.61. The van der Waals surface area contributed by atoms with Crippen molar-refractivity contribution < 1.29 is 19.1 Å². The summed E-state index contributed by atoms with van der Waals surface area (Å²) in [5.74, 6) is 0.824. The second kappa shape index (κ2) is 7.99. The van der Waals surface area contributed by atoms with Crippen molar-refractivity contribution in [3.05, 3.63) is 52.8 Å². The van der Waals surface area contributed by atoms with Crippen LogP contribution in [0.2, 0.25) is 0 Å². The molecular weight excluding hydrogens is 342 g/mol. The number of nitrogens with zero attached hydrogens (tertiary/aromatic N) is 1. The number of hydrogen-bond acceptors (Lipinski definition) is 4. The van der Waals surface area contributed by atoms with E-state index >= 15 is 0 Å². The molecule has 0 unspecified atom stereocenters. The van der Waals surface area contributed by atoms with Crippen molar-refractivity contribution in [2.45, 2.75) is 40.2 Å². The lowest BCUT2D eigenvalue weighted by Gasteiger charge is -2.10. The number of methoxy groups -OCH3 is 1. The van der Waals surface area contributed by atoms with E-state index in [1.165, 1.54) is 5.56 Å². The van der Waals surface area contributed by atoms with E-state index in [9.17, 15) is 9.59 Å². The molecule has 1 aliphatic rings. The minimum atomic E-state index is -0.246. The van der Waals surface area contributed by atoms with E-state index in [1.54, 1.807) is 7.11 Å². The Bertz CT molecular complexity index is 835. The molecule has 0 radical (unpaired) electrons. The highest BCUT2D eigenvalue weighted by Gasteiger charge is 2.40. The largest absolute Gasteiger partial charge is 0.497 e. The average Bonchev–Trinajstić information content (AvgIpc) is 3.33. The van der Waals surface area contributed by atoms with Gasteiger partial charge in [-0.25, -0.2) is 0 Å². The van der Waals surface area contributed by atoms with Crippen molar-refractivity contribution in [1.29, 1.82) is 0 Å². The molecule has 0 saturated heterocycles. The van der Waals surface area contributed by atoms with Crippen LogP contribution in [0.1, 0.15) is 40.7 Å². The number of carbonyl (C=O) groups is 2. The van der Waals surface area contributed by atoms with Crippen LogP contribution in [0.25, 0.3) is 0 Å². The van der Waals surface area contributed by atoms with Gasteiger partial charge in [-0.2, -0.15) is 0 Å². The Morgan fingerprint density at radius 3 is 2.44 bits per heavy atom. The van der Waals surface area contributed by atoms with E-state index in [2.05, 4.69) is 16.7 Å². The minimum absolute atomic E-state index is 0.0188. The first-order chi connectivity index (χ1) is 12.9. The van der Waals surface area contributed by atoms with Gasteiger partial charge in [-0.1, -0.05) is 19.1 Å². The van der Waals surface area contributed by atoms with Gasteiger partial charge in [-0.05, 0) is 56.4 Å². The molecule has 0 amide bonds. The molecule has 1 saturated carbocycles. The smallest absolute Gasteiger partial charge is 0.309 e. The Morgan fingerprint density at radius 2 is 1.85 bits per heavy atom. The number of ketones is 1. The minimum Gasteiger partial charge on any atom is -0.497 e. The molecule has 0 bridgehead atoms. The van der Waals surface area contributed by atoms with E-state index < -0.39 is 0 Å². The maximum atomic E-state index is 12.5. The van der Waals surface area contributed by atoms with Gasteiger partial charge >= 0.3 is 5.97 Å². The fourth-order valence-electron chi connectivity index (χ4n) is 3.43. The van der Waals surface area contributed by atoms with Crippen LogP contribution in [-0.2, 0) is 22.5 Å². The van der Waals surface area contributed by atoms with Crippen molar-refractivity contribution in [2.24, 2.45) is 11.8 Å². The highest BCUT2D eigenvalue weighted by Crippen LogP contribution is 2.38. The van der Waals surface area contributed by atoms with Crippen LogP contribution in [0, 0.1) is 25.7 Å². The van der Waals surface area contributed by atoms with Crippen molar-refractivity contribution in [2.75, 3.05) is 13.7 Å². The second-order valence-corrected chi connectivity index (χ2v) is 7.38. The molecular formula is C22H27NO4. The number of aryl methyl sites for hydroxylation is 2. The summed E-state index contributed by atoms with van der Waals surface area (Å²) in [5.41, 5.74) is 3.80. The lowest BCUT2D eigenvalue weighted by molar-refractivity contribution is -0.144. The number of aromatic nitrogens is 1. The predicted octanol–water partition coefficient (Wildman–Crippen LogP) is 3.74. The van der Waals surface area contributed by atoms with Gasteiger partial charge in [0.05, 0.1) is 13.0 Å². The molecule has 1 aromatic carbocycles. The molecule has 0 spiro atoms. The summed E-state index contributed by atoms with van der Waals surface area (Å²) in [7, 11) is 1.66. The fourth-order valence-corrected chi connectivity index (χ4v) is 3.43. The summed E-state index contributed by atoms with van der Waals surface area (Å²) in [4.78, 5) is 24.3. The molecule has 2 atom stereocenters. The zero-order valence-corrected chi connectivity index (χ0v) is 16.5. The van der Waals surface area contributed by atoms with Crippen molar-refractivity contribution in [3.63, 3.8) is 0 Å². The SMILES string of the molecule is COc1ccc(CCn2c(C)cc(C(=O)COC(=O)[C@@H]3C[C@@H]3C)c2C)cc1. The standard InChI is InChI=1S/C22H27NO4/c1-14-11-19(14)22(25)27-13-21(24)20-12-15(2)23(16(20)3)10-9-17-5-7-18(26-4)8-6-17/h5-8,12,14,19H,9-11,13H2,1-4H3/t14-,19+/m0/s1. The number of benzene rings is 1. The first-order valence-corrected chi connectivity index (χ1v) is 9.40. The lowest BCUT2D eigenvalue weighted by atomic mass is 10.1. The van der Waals surface area contributed by atoms with Gasteiger partial charge < -0.3 is 14.0 Å². The van der Waals surface area contributed by atoms with Crippen LogP contribution in [-0.4, -0.2) is 30.0 Å². The number of rotatable bonds is 8. The highest BCUT2D eigenvalue weighted by molar-refractivity contribution is 5.99. The van der Waals surface area contributed by atoms with Crippen molar-refractivity contribution >= 4 is 11.8 Å². The summed E-state index contributed by atoms with van der Waals surface area (Å²) in [6, 6.07) is 9.90. The van der Waals surface area contributed by atoms with Gasteiger partial charge in [0.1, 0.15) is 5.75 Å². The molecule has 2 aromatic rings. The summed E-state index contributed by atoms with van der Waals surface area (Å²) >= 11 is 0. The molecule has 5 nitrogen and oxygen atoms in total. The Kier molecular flexibility index (Phi) is 5.68. The van der Waals surface area contributed by atoms with Crippen LogP contribution in [0.3, 0.4) is 0 Å². The van der Waals surface area contributed by atoms with E-state index in [1.807, 2.05) is 39.0 Å². The summed E-state index contributed by atoms with van der Waals surface area (Å²) in [6.45, 7) is 6.57. The van der Waals surface area contributed by atoms with Crippen LogP contribution in [0.15, 0.2) is 30.3 Å². The molecule has 1 aromatic heterocycles. The van der Waals surface area contributed by atoms with Gasteiger partial charge in [0.25, 0.3) is 0 Å². The fraction of sp³-hybridized carbons (Fsp3) is 0.455. The van der Waals surface area contributed by atoms with E-state index in [-0.39, 0.29) is 24.3 Å². The van der Waals surface area contributed by atoms with Gasteiger partial charge in [0, 0.05) is 23.5 Å². The van der Waals surface area contributed by atoms with Gasteiger partial charge in [0.15, 0.2) is 6.61 Å². The van der Waals surface area contributed by atoms with Gasteiger partial charge in [0.2, 0.25) is 5.78 Å². The molecule has 1 aliphatic carbocycles. The number of ether oxygens (including phenoxy) is 2. The van der Waals surface area contributed by atoms with Crippen LogP contribution in [0.5, 0.6) is 5.75 Å². The maximum absolute atomic E-state index is 12.5. The first-order valence-electron chi connectivity index (χ1n) is 9.40. The van der Waals surface area contributed by atoms with E-state index in [0.29, 0.717) is 11.5 Å². The predicted molar refractivity (Wildman–Crippen MR) is 103 cm³/mol. The molecule has 27 heavy (non-hydrogen) atoms. The van der Waals surface area contributed by atoms with Crippen molar-refractivity contribution in [3.8, 4) is 5.75 Å². The zero-order valence-electron chi connectivity index (χ0n) is 16.5. The van der Waals surface area contributed by atoms with E-state index in [0.717, 1.165) is 36.5 Å². The number of Topliss-reactive ketones (excluding diaryl/α,β-unsaturated/α-hetero) is 1. The third kappa shape index (κ3) is 4.41. The summed E-state index contributed by atoms with van der Waals surface area (Å²) in [5, 5.41) is 0. The molecule has 144 valence electrons. The third-order valence-corrected chi connectivity index (χ3v) is 5.41. The molecule has 0 aliphatic heterocycles. The normalized spacial score (nSPS) is 18.2. The monoisotopic (exact) mass is 369 g/mol. The zero-order chi connectivity index (χ0) is 19.6. The van der Waals surface area contributed by atoms with Crippen molar-refractivity contribution in [1.82, 2.24) is 4.57 Å². The second-order valence-electron chi connectivity index (χ2n) is 7.38. The number of hydrogen-bond donors (Lipinski definition) is 0. The topological polar surface area (TPSA) is 57.5 Å². The Hall–Kier alpha value is -2.56. The molecule has 5 heteroatoms. The quantitative estimate of drug-likeness (QED) is 0.525. The summed E-state index contributed by atoms with van der Waals surface area (Å²) in [6.07, 6.45) is 1.73. The first kappa shape index (κ1) is 19.2. The Morgan fingerprint density at radius 1 is 1.19 bits per heavy atom. The number of carbonyl (C=O) groups excluding carboxylic acids is 2. The van der Waals surface area contributed by atoms with E-state index in [4.69, 9.17) is 9.47 Å². The summed E-state index contributed by atoms with van der Waals surface area (Å²) < 4.78 is 12.5. The van der Waals surface area contributed by atoms with Gasteiger partial charge in [-0.15, -0.1) is 0 Å².